The van der Waals surface area contributed by atoms with Crippen LogP contribution in [0, 0.1) is 17.2 Å². The van der Waals surface area contributed by atoms with Gasteiger partial charge in [0.15, 0.2) is 5.78 Å². The molecule has 1 aromatic heterocycles. The lowest BCUT2D eigenvalue weighted by atomic mass is 9.75. The number of rotatable bonds is 1. The largest absolute Gasteiger partial charge is 0.444 e. The van der Waals surface area contributed by atoms with Gasteiger partial charge in [-0.25, -0.2) is 0 Å². The number of hydrogen-bond donors (Lipinski definition) is 2. The topological polar surface area (TPSA) is 91.9 Å². The Morgan fingerprint density at radius 1 is 1.33 bits per heavy atom. The molecule has 5 nitrogen and oxygen atoms in total. The van der Waals surface area contributed by atoms with Crippen molar-refractivity contribution in [3.63, 3.8) is 0 Å². The maximum absolute atomic E-state index is 12.7. The molecular weight excluding hydrogens is 302 g/mol. The third kappa shape index (κ3) is 2.04. The molecule has 2 heterocycles. The van der Waals surface area contributed by atoms with Crippen molar-refractivity contribution in [3.8, 4) is 6.07 Å². The number of nitriles is 1. The molecule has 2 atom stereocenters. The van der Waals surface area contributed by atoms with Crippen molar-refractivity contribution in [1.29, 1.82) is 5.26 Å². The quantitative estimate of drug-likeness (QED) is 0.844. The molecule has 0 spiro atoms. The Morgan fingerprint density at radius 3 is 2.92 bits per heavy atom. The number of Topliss-reactive ketones (excluding diaryl/α,β-unsaturated/α-hetero) is 1. The minimum Gasteiger partial charge on any atom is -0.444 e. The summed E-state index contributed by atoms with van der Waals surface area (Å²) in [5.74, 6) is 0.518. The number of ketones is 1. The van der Waals surface area contributed by atoms with Crippen LogP contribution in [0.15, 0.2) is 53.3 Å². The lowest BCUT2D eigenvalue weighted by Gasteiger charge is -2.32. The molecule has 5 heteroatoms. The van der Waals surface area contributed by atoms with Gasteiger partial charge < -0.3 is 15.5 Å². The van der Waals surface area contributed by atoms with Crippen LogP contribution in [0.3, 0.4) is 0 Å². The van der Waals surface area contributed by atoms with E-state index in [0.717, 1.165) is 16.5 Å². The number of aromatic amines is 1. The first-order chi connectivity index (χ1) is 11.6. The number of para-hydroxylation sites is 1. The first-order valence-electron chi connectivity index (χ1n) is 8.00. The third-order valence-electron chi connectivity index (χ3n) is 4.80. The van der Waals surface area contributed by atoms with Crippen molar-refractivity contribution >= 4 is 16.7 Å². The van der Waals surface area contributed by atoms with E-state index in [4.69, 9.17) is 10.5 Å². The Kier molecular flexibility index (Phi) is 3.20. The molecule has 0 bridgehead atoms. The van der Waals surface area contributed by atoms with Gasteiger partial charge in [-0.1, -0.05) is 25.1 Å². The van der Waals surface area contributed by atoms with Gasteiger partial charge in [-0.05, 0) is 17.5 Å². The van der Waals surface area contributed by atoms with Gasteiger partial charge in [0.25, 0.3) is 0 Å². The molecule has 0 fully saturated rings. The molecule has 0 amide bonds. The number of nitrogens with one attached hydrogen (secondary N) is 1. The Labute approximate surface area is 139 Å². The average Bonchev–Trinajstić information content (AvgIpc) is 2.97. The van der Waals surface area contributed by atoms with Crippen molar-refractivity contribution in [2.75, 3.05) is 0 Å². The van der Waals surface area contributed by atoms with Gasteiger partial charge in [0, 0.05) is 35.5 Å². The number of nitrogens with two attached hydrogens (primary N) is 1. The number of fused-ring (bicyclic) bond motifs is 1. The van der Waals surface area contributed by atoms with E-state index in [0.29, 0.717) is 29.7 Å². The van der Waals surface area contributed by atoms with E-state index in [2.05, 4.69) is 11.1 Å². The predicted octanol–water partition coefficient (Wildman–Crippen LogP) is 3.23. The van der Waals surface area contributed by atoms with Gasteiger partial charge in [-0.3, -0.25) is 4.79 Å². The standard InChI is InChI=1S/C19H17N3O2/c1-10-6-15(23)18-16(7-10)24-19(21)12(8-20)17(18)13-9-22-14-5-3-2-4-11(13)14/h2-5,9-10,17,22H,6-7,21H2,1H3. The Balaban J connectivity index is 1.96. The second-order valence-corrected chi connectivity index (χ2v) is 6.49. The highest BCUT2D eigenvalue weighted by atomic mass is 16.5. The van der Waals surface area contributed by atoms with Gasteiger partial charge in [0.05, 0.1) is 5.92 Å². The van der Waals surface area contributed by atoms with E-state index in [1.165, 1.54) is 0 Å². The molecule has 4 rings (SSSR count). The van der Waals surface area contributed by atoms with E-state index in [1.54, 1.807) is 0 Å². The first-order valence-corrected chi connectivity index (χ1v) is 8.00. The van der Waals surface area contributed by atoms with Crippen LogP contribution in [-0.4, -0.2) is 10.8 Å². The van der Waals surface area contributed by atoms with Crippen LogP contribution in [0.5, 0.6) is 0 Å². The summed E-state index contributed by atoms with van der Waals surface area (Å²) in [4.78, 5) is 15.9. The lowest BCUT2D eigenvalue weighted by molar-refractivity contribution is -0.117. The van der Waals surface area contributed by atoms with E-state index in [1.807, 2.05) is 37.4 Å². The van der Waals surface area contributed by atoms with Gasteiger partial charge >= 0.3 is 0 Å². The van der Waals surface area contributed by atoms with Crippen molar-refractivity contribution in [2.45, 2.75) is 25.7 Å². The summed E-state index contributed by atoms with van der Waals surface area (Å²) in [6, 6.07) is 9.99. The first kappa shape index (κ1) is 14.6. The van der Waals surface area contributed by atoms with Crippen LogP contribution < -0.4 is 5.73 Å². The van der Waals surface area contributed by atoms with Crippen molar-refractivity contribution in [1.82, 2.24) is 4.98 Å². The summed E-state index contributed by atoms with van der Waals surface area (Å²) >= 11 is 0. The lowest BCUT2D eigenvalue weighted by Crippen LogP contribution is -2.29. The summed E-state index contributed by atoms with van der Waals surface area (Å²) in [6.07, 6.45) is 3.00. The fourth-order valence-corrected chi connectivity index (χ4v) is 3.74. The molecule has 1 aliphatic carbocycles. The number of H-pyrrole nitrogens is 1. The summed E-state index contributed by atoms with van der Waals surface area (Å²) in [7, 11) is 0. The number of allylic oxidation sites excluding steroid dienone is 3. The Bertz CT molecular complexity index is 958. The van der Waals surface area contributed by atoms with Gasteiger partial charge in [-0.15, -0.1) is 0 Å². The summed E-state index contributed by atoms with van der Waals surface area (Å²) < 4.78 is 5.66. The zero-order chi connectivity index (χ0) is 16.8. The third-order valence-corrected chi connectivity index (χ3v) is 4.80. The summed E-state index contributed by atoms with van der Waals surface area (Å²) in [6.45, 7) is 2.02. The zero-order valence-electron chi connectivity index (χ0n) is 13.3. The van der Waals surface area contributed by atoms with Crippen molar-refractivity contribution in [2.24, 2.45) is 11.7 Å². The minimum atomic E-state index is -0.463. The molecule has 1 aliphatic heterocycles. The number of carbonyl (C=O) groups is 1. The van der Waals surface area contributed by atoms with Crippen LogP contribution >= 0.6 is 0 Å². The maximum atomic E-state index is 12.7. The van der Waals surface area contributed by atoms with Crippen molar-refractivity contribution < 1.29 is 9.53 Å². The van der Waals surface area contributed by atoms with Gasteiger partial charge in [0.1, 0.15) is 17.4 Å². The fraction of sp³-hybridized carbons (Fsp3) is 0.263. The van der Waals surface area contributed by atoms with Crippen LogP contribution in [-0.2, 0) is 9.53 Å². The zero-order valence-corrected chi connectivity index (χ0v) is 13.3. The van der Waals surface area contributed by atoms with Gasteiger partial charge in [0.2, 0.25) is 5.88 Å². The molecule has 120 valence electrons. The number of hydrogen-bond acceptors (Lipinski definition) is 4. The number of benzene rings is 1. The number of nitrogens with zero attached hydrogens (tertiary/aromatic N) is 1. The van der Waals surface area contributed by atoms with Crippen LogP contribution in [0.2, 0.25) is 0 Å². The normalized spacial score (nSPS) is 23.9. The molecule has 0 radical (unpaired) electrons. The monoisotopic (exact) mass is 319 g/mol. The Hall–Kier alpha value is -3.00. The number of aromatic nitrogens is 1. The number of ether oxygens (including phenoxy) is 1. The highest BCUT2D eigenvalue weighted by Crippen LogP contribution is 2.46. The SMILES string of the molecule is CC1CC(=O)C2=C(C1)OC(N)=C(C#N)C2c1c[nH]c2ccccc12. The maximum Gasteiger partial charge on any atom is 0.205 e. The van der Waals surface area contributed by atoms with Crippen LogP contribution in [0.25, 0.3) is 10.9 Å². The molecule has 24 heavy (non-hydrogen) atoms. The van der Waals surface area contributed by atoms with E-state index in [9.17, 15) is 10.1 Å². The molecule has 0 saturated carbocycles. The molecule has 1 aromatic carbocycles. The average molecular weight is 319 g/mol. The van der Waals surface area contributed by atoms with Crippen molar-refractivity contribution in [3.05, 3.63) is 58.8 Å². The predicted molar refractivity (Wildman–Crippen MR) is 89.4 cm³/mol. The number of carbonyl (C=O) groups excluding carboxylic acids is 1. The van der Waals surface area contributed by atoms with Crippen LogP contribution in [0.4, 0.5) is 0 Å². The second-order valence-electron chi connectivity index (χ2n) is 6.49. The molecule has 2 unspecified atom stereocenters. The van der Waals surface area contributed by atoms with Crippen LogP contribution in [0.1, 0.15) is 31.2 Å². The van der Waals surface area contributed by atoms with Gasteiger partial charge in [-0.2, -0.15) is 5.26 Å². The van der Waals surface area contributed by atoms with E-state index >= 15 is 0 Å². The highest BCUT2D eigenvalue weighted by Gasteiger charge is 2.40. The minimum absolute atomic E-state index is 0.0410. The van der Waals surface area contributed by atoms with E-state index < -0.39 is 5.92 Å². The Morgan fingerprint density at radius 2 is 2.12 bits per heavy atom. The smallest absolute Gasteiger partial charge is 0.205 e. The molecule has 2 aromatic rings. The summed E-state index contributed by atoms with van der Waals surface area (Å²) in [5, 5.41) is 10.6. The molecule has 2 aliphatic rings. The molecular formula is C19H17N3O2. The molecule has 3 N–H and O–H groups in total. The summed E-state index contributed by atoms with van der Waals surface area (Å²) in [5.41, 5.74) is 8.76. The highest BCUT2D eigenvalue weighted by molar-refractivity contribution is 6.01. The second kappa shape index (κ2) is 5.27. The van der Waals surface area contributed by atoms with E-state index in [-0.39, 0.29) is 17.6 Å². The molecule has 0 saturated heterocycles. The fourth-order valence-electron chi connectivity index (χ4n) is 3.74.